The second kappa shape index (κ2) is 6.39. The summed E-state index contributed by atoms with van der Waals surface area (Å²) >= 11 is 7.09. The van der Waals surface area contributed by atoms with Crippen LogP contribution in [0.4, 0.5) is 0 Å². The lowest BCUT2D eigenvalue weighted by atomic mass is 9.76. The Hall–Kier alpha value is 0.630. The van der Waals surface area contributed by atoms with Gasteiger partial charge in [0.05, 0.1) is 0 Å². The summed E-state index contributed by atoms with van der Waals surface area (Å²) in [4.78, 5) is 13.1. The van der Waals surface area contributed by atoms with Crippen molar-refractivity contribution in [2.75, 3.05) is 0 Å². The third-order valence-electron chi connectivity index (χ3n) is 3.13. The first-order valence-electron chi connectivity index (χ1n) is 5.82. The van der Waals surface area contributed by atoms with Crippen LogP contribution in [-0.4, -0.2) is 15.4 Å². The zero-order chi connectivity index (χ0) is 11.4. The van der Waals surface area contributed by atoms with Crippen molar-refractivity contribution in [1.82, 2.24) is 0 Å². The van der Waals surface area contributed by atoms with Gasteiger partial charge in [-0.2, -0.15) is 0 Å². The molecule has 0 aromatic rings. The molecule has 0 aromatic heterocycles. The standard InChI is InChI=1S/C12H20Br2O/c1-8(13)6-10-4-3-5-11(12(10)15)7-9(2)14/h8-11H,3-7H2,1-2H3. The smallest absolute Gasteiger partial charge is 0.139 e. The Kier molecular flexibility index (Phi) is 5.83. The Labute approximate surface area is 110 Å². The first-order valence-corrected chi connectivity index (χ1v) is 7.65. The first kappa shape index (κ1) is 13.7. The van der Waals surface area contributed by atoms with Gasteiger partial charge in [0.2, 0.25) is 0 Å². The Morgan fingerprint density at radius 1 is 1.13 bits per heavy atom. The molecule has 0 spiro atoms. The molecule has 4 unspecified atom stereocenters. The molecule has 15 heavy (non-hydrogen) atoms. The SMILES string of the molecule is CC(Br)CC1CCCC(CC(C)Br)C1=O. The molecule has 0 amide bonds. The molecule has 0 heterocycles. The number of Topliss-reactive ketones (excluding diaryl/α,β-unsaturated/α-hetero) is 1. The van der Waals surface area contributed by atoms with Crippen LogP contribution in [-0.2, 0) is 4.79 Å². The van der Waals surface area contributed by atoms with Crippen LogP contribution >= 0.6 is 31.9 Å². The number of ketones is 1. The van der Waals surface area contributed by atoms with Crippen LogP contribution in [0.3, 0.4) is 0 Å². The van der Waals surface area contributed by atoms with Crippen molar-refractivity contribution < 1.29 is 4.79 Å². The van der Waals surface area contributed by atoms with Gasteiger partial charge in [-0.1, -0.05) is 52.1 Å². The van der Waals surface area contributed by atoms with Crippen molar-refractivity contribution in [1.29, 1.82) is 0 Å². The molecular weight excluding hydrogens is 320 g/mol. The third kappa shape index (κ3) is 4.56. The molecule has 88 valence electrons. The molecule has 0 aromatic carbocycles. The van der Waals surface area contributed by atoms with E-state index in [0.29, 0.717) is 27.3 Å². The van der Waals surface area contributed by atoms with Crippen LogP contribution in [0.2, 0.25) is 0 Å². The van der Waals surface area contributed by atoms with Gasteiger partial charge in [0.25, 0.3) is 0 Å². The molecular formula is C12H20Br2O. The number of alkyl halides is 2. The van der Waals surface area contributed by atoms with E-state index in [2.05, 4.69) is 45.7 Å². The van der Waals surface area contributed by atoms with E-state index in [0.717, 1.165) is 25.7 Å². The van der Waals surface area contributed by atoms with Crippen LogP contribution in [0.25, 0.3) is 0 Å². The quantitative estimate of drug-likeness (QED) is 0.697. The number of halogens is 2. The Morgan fingerprint density at radius 2 is 1.53 bits per heavy atom. The summed E-state index contributed by atoms with van der Waals surface area (Å²) < 4.78 is 0. The summed E-state index contributed by atoms with van der Waals surface area (Å²) in [6.07, 6.45) is 5.43. The van der Waals surface area contributed by atoms with E-state index in [1.165, 1.54) is 6.42 Å². The fourth-order valence-electron chi connectivity index (χ4n) is 2.48. The van der Waals surface area contributed by atoms with Crippen molar-refractivity contribution in [3.05, 3.63) is 0 Å². The van der Waals surface area contributed by atoms with Crippen LogP contribution in [0, 0.1) is 11.8 Å². The highest BCUT2D eigenvalue weighted by Gasteiger charge is 2.31. The summed E-state index contributed by atoms with van der Waals surface area (Å²) in [5.41, 5.74) is 0. The molecule has 1 nitrogen and oxygen atoms in total. The van der Waals surface area contributed by atoms with Gasteiger partial charge in [-0.3, -0.25) is 4.79 Å². The highest BCUT2D eigenvalue weighted by molar-refractivity contribution is 9.09. The zero-order valence-corrected chi connectivity index (χ0v) is 12.7. The maximum atomic E-state index is 12.2. The van der Waals surface area contributed by atoms with Crippen LogP contribution in [0.15, 0.2) is 0 Å². The number of rotatable bonds is 4. The summed E-state index contributed by atoms with van der Waals surface area (Å²) in [5.74, 6) is 1.13. The van der Waals surface area contributed by atoms with E-state index in [4.69, 9.17) is 0 Å². The van der Waals surface area contributed by atoms with Crippen molar-refractivity contribution in [2.45, 2.75) is 55.6 Å². The van der Waals surface area contributed by atoms with E-state index in [9.17, 15) is 4.79 Å². The van der Waals surface area contributed by atoms with E-state index in [1.807, 2.05) is 0 Å². The van der Waals surface area contributed by atoms with Crippen LogP contribution in [0.1, 0.15) is 46.0 Å². The number of carbonyl (C=O) groups excluding carboxylic acids is 1. The highest BCUT2D eigenvalue weighted by Crippen LogP contribution is 2.33. The molecule has 1 rings (SSSR count). The molecule has 0 N–H and O–H groups in total. The molecule has 1 aliphatic rings. The molecule has 1 fully saturated rings. The van der Waals surface area contributed by atoms with E-state index >= 15 is 0 Å². The van der Waals surface area contributed by atoms with Gasteiger partial charge in [0.15, 0.2) is 0 Å². The minimum atomic E-state index is 0.310. The lowest BCUT2D eigenvalue weighted by Crippen LogP contribution is -2.30. The molecule has 0 bridgehead atoms. The van der Waals surface area contributed by atoms with Crippen LogP contribution in [0.5, 0.6) is 0 Å². The maximum Gasteiger partial charge on any atom is 0.139 e. The van der Waals surface area contributed by atoms with Crippen LogP contribution < -0.4 is 0 Å². The molecule has 1 aliphatic carbocycles. The topological polar surface area (TPSA) is 17.1 Å². The Balaban J connectivity index is 2.51. The third-order valence-corrected chi connectivity index (χ3v) is 3.88. The fourth-order valence-corrected chi connectivity index (χ4v) is 3.38. The molecule has 3 heteroatoms. The van der Waals surface area contributed by atoms with E-state index < -0.39 is 0 Å². The van der Waals surface area contributed by atoms with E-state index in [-0.39, 0.29) is 0 Å². The molecule has 0 aliphatic heterocycles. The van der Waals surface area contributed by atoms with Gasteiger partial charge >= 0.3 is 0 Å². The molecule has 0 radical (unpaired) electrons. The van der Waals surface area contributed by atoms with Gasteiger partial charge in [-0.05, 0) is 25.7 Å². The predicted molar refractivity (Wildman–Crippen MR) is 71.9 cm³/mol. The zero-order valence-electron chi connectivity index (χ0n) is 9.51. The van der Waals surface area contributed by atoms with Gasteiger partial charge in [-0.15, -0.1) is 0 Å². The second-order valence-electron chi connectivity index (χ2n) is 4.76. The number of carbonyl (C=O) groups is 1. The van der Waals surface area contributed by atoms with Gasteiger partial charge < -0.3 is 0 Å². The Bertz CT molecular complexity index is 194. The number of hydrogen-bond donors (Lipinski definition) is 0. The van der Waals surface area contributed by atoms with Gasteiger partial charge in [0, 0.05) is 21.5 Å². The minimum absolute atomic E-state index is 0.310. The average molecular weight is 340 g/mol. The molecule has 0 saturated heterocycles. The largest absolute Gasteiger partial charge is 0.299 e. The van der Waals surface area contributed by atoms with Gasteiger partial charge in [0.1, 0.15) is 5.78 Å². The minimum Gasteiger partial charge on any atom is -0.299 e. The fraction of sp³-hybridized carbons (Fsp3) is 0.917. The highest BCUT2D eigenvalue weighted by atomic mass is 79.9. The summed E-state index contributed by atoms with van der Waals surface area (Å²) in [6.45, 7) is 4.26. The number of hydrogen-bond acceptors (Lipinski definition) is 1. The lowest BCUT2D eigenvalue weighted by Gasteiger charge is -2.29. The molecule has 4 atom stereocenters. The maximum absolute atomic E-state index is 12.2. The van der Waals surface area contributed by atoms with Crippen molar-refractivity contribution in [3.8, 4) is 0 Å². The van der Waals surface area contributed by atoms with Gasteiger partial charge in [-0.25, -0.2) is 0 Å². The summed E-state index contributed by atoms with van der Waals surface area (Å²) in [7, 11) is 0. The molecule has 1 saturated carbocycles. The second-order valence-corrected chi connectivity index (χ2v) is 7.89. The Morgan fingerprint density at radius 3 is 1.87 bits per heavy atom. The normalized spacial score (nSPS) is 31.3. The monoisotopic (exact) mass is 338 g/mol. The van der Waals surface area contributed by atoms with Crippen molar-refractivity contribution in [3.63, 3.8) is 0 Å². The summed E-state index contributed by atoms with van der Waals surface area (Å²) in [5, 5.41) is 0. The van der Waals surface area contributed by atoms with Crippen molar-refractivity contribution >= 4 is 37.6 Å². The predicted octanol–water partition coefficient (Wildman–Crippen LogP) is 4.32. The average Bonchev–Trinajstić information content (AvgIpc) is 2.10. The van der Waals surface area contributed by atoms with Crippen molar-refractivity contribution in [2.24, 2.45) is 11.8 Å². The first-order chi connectivity index (χ1) is 7.00. The van der Waals surface area contributed by atoms with E-state index in [1.54, 1.807) is 0 Å². The summed E-state index contributed by atoms with van der Waals surface area (Å²) in [6, 6.07) is 0. The lowest BCUT2D eigenvalue weighted by molar-refractivity contribution is -0.129.